The van der Waals surface area contributed by atoms with Gasteiger partial charge in [0.05, 0.1) is 0 Å². The average Bonchev–Trinajstić information content (AvgIpc) is 2.46. The second kappa shape index (κ2) is 6.16. The number of amides is 1. The van der Waals surface area contributed by atoms with Crippen LogP contribution in [0.5, 0.6) is 5.75 Å². The molecule has 0 atom stereocenters. The van der Waals surface area contributed by atoms with Crippen LogP contribution in [0.15, 0.2) is 24.3 Å². The highest BCUT2D eigenvalue weighted by Crippen LogP contribution is 2.11. The molecule has 5 heteroatoms. The van der Waals surface area contributed by atoms with Crippen LogP contribution in [-0.2, 0) is 4.79 Å². The number of hydrogen-bond acceptors (Lipinski definition) is 4. The monoisotopic (exact) mass is 248 g/mol. The van der Waals surface area contributed by atoms with E-state index in [1.165, 1.54) is 0 Å². The Balaban J connectivity index is 1.82. The van der Waals surface area contributed by atoms with Crippen molar-refractivity contribution in [2.75, 3.05) is 32.8 Å². The van der Waals surface area contributed by atoms with Gasteiger partial charge in [0.25, 0.3) is 5.91 Å². The first kappa shape index (κ1) is 12.6. The Hall–Kier alpha value is -1.88. The van der Waals surface area contributed by atoms with Crippen molar-refractivity contribution >= 4 is 12.2 Å². The molecule has 96 valence electrons. The smallest absolute Gasteiger partial charge is 0.260 e. The van der Waals surface area contributed by atoms with E-state index in [9.17, 15) is 9.59 Å². The summed E-state index contributed by atoms with van der Waals surface area (Å²) in [6, 6.07) is 6.71. The molecule has 0 bridgehead atoms. The van der Waals surface area contributed by atoms with Crippen molar-refractivity contribution < 1.29 is 14.3 Å². The van der Waals surface area contributed by atoms with Gasteiger partial charge in [0.15, 0.2) is 6.61 Å². The van der Waals surface area contributed by atoms with Gasteiger partial charge in [-0.15, -0.1) is 0 Å². The van der Waals surface area contributed by atoms with Gasteiger partial charge in [-0.2, -0.15) is 0 Å². The maximum Gasteiger partial charge on any atom is 0.260 e. The van der Waals surface area contributed by atoms with E-state index in [2.05, 4.69) is 5.32 Å². The van der Waals surface area contributed by atoms with Crippen molar-refractivity contribution in [2.45, 2.75) is 0 Å². The molecule has 0 saturated carbocycles. The number of benzene rings is 1. The third kappa shape index (κ3) is 3.30. The number of carbonyl (C=O) groups excluding carboxylic acids is 2. The zero-order valence-electron chi connectivity index (χ0n) is 10.1. The summed E-state index contributed by atoms with van der Waals surface area (Å²) in [6.07, 6.45) is 0.773. The molecule has 1 N–H and O–H groups in total. The fourth-order valence-electron chi connectivity index (χ4n) is 1.79. The van der Waals surface area contributed by atoms with Crippen molar-refractivity contribution in [1.82, 2.24) is 10.2 Å². The van der Waals surface area contributed by atoms with Gasteiger partial charge in [0.1, 0.15) is 12.0 Å². The summed E-state index contributed by atoms with van der Waals surface area (Å²) < 4.78 is 5.39. The highest BCUT2D eigenvalue weighted by atomic mass is 16.5. The fraction of sp³-hybridized carbons (Fsp3) is 0.385. The summed E-state index contributed by atoms with van der Waals surface area (Å²) in [5.74, 6) is 0.597. The number of piperazine rings is 1. The lowest BCUT2D eigenvalue weighted by Crippen LogP contribution is -2.47. The SMILES string of the molecule is O=Cc1ccc(OCC(=O)N2CCNCC2)cc1. The molecule has 1 fully saturated rings. The second-order valence-corrected chi connectivity index (χ2v) is 4.11. The van der Waals surface area contributed by atoms with Gasteiger partial charge in [-0.1, -0.05) is 0 Å². The van der Waals surface area contributed by atoms with Crippen LogP contribution in [-0.4, -0.2) is 49.9 Å². The molecule has 1 aromatic rings. The van der Waals surface area contributed by atoms with Crippen molar-refractivity contribution in [3.05, 3.63) is 29.8 Å². The van der Waals surface area contributed by atoms with Crippen LogP contribution in [0.3, 0.4) is 0 Å². The van der Waals surface area contributed by atoms with E-state index in [1.54, 1.807) is 29.2 Å². The fourth-order valence-corrected chi connectivity index (χ4v) is 1.79. The third-order valence-corrected chi connectivity index (χ3v) is 2.85. The summed E-state index contributed by atoms with van der Waals surface area (Å²) >= 11 is 0. The van der Waals surface area contributed by atoms with Gasteiger partial charge in [-0.3, -0.25) is 9.59 Å². The normalized spacial score (nSPS) is 15.2. The molecule has 0 unspecified atom stereocenters. The predicted octanol–water partition coefficient (Wildman–Crippen LogP) is 0.310. The largest absolute Gasteiger partial charge is 0.484 e. The standard InChI is InChI=1S/C13H16N2O3/c16-9-11-1-3-12(4-2-11)18-10-13(17)15-7-5-14-6-8-15/h1-4,9,14H,5-8,10H2. The molecule has 0 aliphatic carbocycles. The minimum absolute atomic E-state index is 0.00374. The molecule has 0 radical (unpaired) electrons. The summed E-state index contributed by atoms with van der Waals surface area (Å²) in [4.78, 5) is 24.1. The van der Waals surface area contributed by atoms with Gasteiger partial charge < -0.3 is 15.0 Å². The second-order valence-electron chi connectivity index (χ2n) is 4.11. The Morgan fingerprint density at radius 1 is 1.28 bits per heavy atom. The van der Waals surface area contributed by atoms with E-state index in [1.807, 2.05) is 0 Å². The lowest BCUT2D eigenvalue weighted by atomic mass is 10.2. The van der Waals surface area contributed by atoms with Gasteiger partial charge >= 0.3 is 0 Å². The zero-order chi connectivity index (χ0) is 12.8. The lowest BCUT2D eigenvalue weighted by Gasteiger charge is -2.27. The molecule has 5 nitrogen and oxygen atoms in total. The van der Waals surface area contributed by atoms with Crippen LogP contribution >= 0.6 is 0 Å². The average molecular weight is 248 g/mol. The topological polar surface area (TPSA) is 58.6 Å². The molecule has 0 spiro atoms. The Morgan fingerprint density at radius 3 is 2.56 bits per heavy atom. The van der Waals surface area contributed by atoms with Crippen LogP contribution in [0.1, 0.15) is 10.4 Å². The van der Waals surface area contributed by atoms with Crippen LogP contribution in [0.2, 0.25) is 0 Å². The zero-order valence-corrected chi connectivity index (χ0v) is 10.1. The molecule has 1 saturated heterocycles. The highest BCUT2D eigenvalue weighted by Gasteiger charge is 2.16. The number of nitrogens with one attached hydrogen (secondary N) is 1. The molecule has 1 aliphatic heterocycles. The van der Waals surface area contributed by atoms with E-state index in [-0.39, 0.29) is 12.5 Å². The van der Waals surface area contributed by atoms with E-state index in [0.717, 1.165) is 32.5 Å². The molecule has 1 amide bonds. The number of aldehydes is 1. The summed E-state index contributed by atoms with van der Waals surface area (Å²) in [6.45, 7) is 3.17. The van der Waals surface area contributed by atoms with Gasteiger partial charge in [-0.05, 0) is 24.3 Å². The van der Waals surface area contributed by atoms with Crippen LogP contribution in [0.4, 0.5) is 0 Å². The molecule has 1 aliphatic rings. The molecule has 0 aromatic heterocycles. The maximum absolute atomic E-state index is 11.8. The van der Waals surface area contributed by atoms with E-state index in [0.29, 0.717) is 11.3 Å². The highest BCUT2D eigenvalue weighted by molar-refractivity contribution is 5.78. The summed E-state index contributed by atoms with van der Waals surface area (Å²) in [7, 11) is 0. The predicted molar refractivity (Wildman–Crippen MR) is 66.8 cm³/mol. The van der Waals surface area contributed by atoms with Crippen LogP contribution in [0, 0.1) is 0 Å². The molecule has 1 aromatic carbocycles. The first-order valence-corrected chi connectivity index (χ1v) is 5.96. The van der Waals surface area contributed by atoms with Gasteiger partial charge in [-0.25, -0.2) is 0 Å². The Morgan fingerprint density at radius 2 is 1.94 bits per heavy atom. The summed E-state index contributed by atoms with van der Waals surface area (Å²) in [5, 5.41) is 3.19. The Kier molecular flexibility index (Phi) is 4.30. The van der Waals surface area contributed by atoms with Crippen molar-refractivity contribution in [3.63, 3.8) is 0 Å². The molecular weight excluding hydrogens is 232 g/mol. The van der Waals surface area contributed by atoms with Crippen molar-refractivity contribution in [1.29, 1.82) is 0 Å². The molecule has 1 heterocycles. The van der Waals surface area contributed by atoms with Crippen LogP contribution in [0.25, 0.3) is 0 Å². The lowest BCUT2D eigenvalue weighted by molar-refractivity contribution is -0.133. The number of rotatable bonds is 4. The Bertz CT molecular complexity index is 411. The number of carbonyl (C=O) groups is 2. The Labute approximate surface area is 106 Å². The first-order valence-electron chi connectivity index (χ1n) is 5.96. The maximum atomic E-state index is 11.8. The summed E-state index contributed by atoms with van der Waals surface area (Å²) in [5.41, 5.74) is 0.593. The van der Waals surface area contributed by atoms with Crippen molar-refractivity contribution in [2.24, 2.45) is 0 Å². The molecule has 18 heavy (non-hydrogen) atoms. The minimum Gasteiger partial charge on any atom is -0.484 e. The molecule has 2 rings (SSSR count). The molecular formula is C13H16N2O3. The quantitative estimate of drug-likeness (QED) is 0.779. The van der Waals surface area contributed by atoms with Crippen molar-refractivity contribution in [3.8, 4) is 5.75 Å². The number of nitrogens with zero attached hydrogens (tertiary/aromatic N) is 1. The first-order chi connectivity index (χ1) is 8.79. The van der Waals surface area contributed by atoms with E-state index in [4.69, 9.17) is 4.74 Å². The van der Waals surface area contributed by atoms with Gasteiger partial charge in [0.2, 0.25) is 0 Å². The van der Waals surface area contributed by atoms with Gasteiger partial charge in [0, 0.05) is 31.7 Å². The third-order valence-electron chi connectivity index (χ3n) is 2.85. The van der Waals surface area contributed by atoms with Crippen LogP contribution < -0.4 is 10.1 Å². The number of hydrogen-bond donors (Lipinski definition) is 1. The number of ether oxygens (including phenoxy) is 1. The van der Waals surface area contributed by atoms with E-state index < -0.39 is 0 Å². The minimum atomic E-state index is -0.00374. The van der Waals surface area contributed by atoms with E-state index >= 15 is 0 Å².